The molecule has 32 heavy (non-hydrogen) atoms. The minimum atomic E-state index is -0.153. The summed E-state index contributed by atoms with van der Waals surface area (Å²) in [6.07, 6.45) is 7.28. The van der Waals surface area contributed by atoms with Crippen LogP contribution < -0.4 is 10.1 Å². The Kier molecular flexibility index (Phi) is 6.87. The third-order valence-corrected chi connectivity index (χ3v) is 6.26. The van der Waals surface area contributed by atoms with E-state index in [1.165, 1.54) is 0 Å². The van der Waals surface area contributed by atoms with Gasteiger partial charge >= 0.3 is 0 Å². The average Bonchev–Trinajstić information content (AvgIpc) is 3.38. The quantitative estimate of drug-likeness (QED) is 0.308. The van der Waals surface area contributed by atoms with Crippen LogP contribution in [0.4, 0.5) is 0 Å². The number of ether oxygens (including phenoxy) is 1. The van der Waals surface area contributed by atoms with Crippen molar-refractivity contribution in [2.24, 2.45) is 0 Å². The van der Waals surface area contributed by atoms with Gasteiger partial charge in [-0.3, -0.25) is 14.4 Å². The van der Waals surface area contributed by atoms with Gasteiger partial charge in [0.25, 0.3) is 5.91 Å². The maximum atomic E-state index is 13.0. The van der Waals surface area contributed by atoms with Crippen molar-refractivity contribution in [2.45, 2.75) is 30.8 Å². The first-order valence-electron chi connectivity index (χ1n) is 10.1. The van der Waals surface area contributed by atoms with Crippen molar-refractivity contribution in [3.63, 3.8) is 0 Å². The van der Waals surface area contributed by atoms with Crippen LogP contribution in [0.5, 0.6) is 5.75 Å². The Morgan fingerprint density at radius 2 is 2.16 bits per heavy atom. The number of nitrogens with one attached hydrogen (secondary N) is 1. The number of amides is 1. The van der Waals surface area contributed by atoms with Crippen LogP contribution in [0.2, 0.25) is 0 Å². The van der Waals surface area contributed by atoms with Crippen LogP contribution in [0.1, 0.15) is 23.6 Å². The largest absolute Gasteiger partial charge is 0.496 e. The van der Waals surface area contributed by atoms with Crippen LogP contribution >= 0.6 is 24.0 Å². The summed E-state index contributed by atoms with van der Waals surface area (Å²) in [7, 11) is 1.65. The fourth-order valence-corrected chi connectivity index (χ4v) is 4.41. The van der Waals surface area contributed by atoms with Gasteiger partial charge in [-0.05, 0) is 55.0 Å². The molecule has 0 saturated carbocycles. The molecule has 1 aromatic carbocycles. The number of hydrogen-bond donors (Lipinski definition) is 1. The van der Waals surface area contributed by atoms with E-state index >= 15 is 0 Å². The van der Waals surface area contributed by atoms with Crippen molar-refractivity contribution in [3.8, 4) is 5.75 Å². The number of nitrogens with zero attached hydrogens (tertiary/aromatic N) is 4. The number of aromatic nitrogens is 3. The third kappa shape index (κ3) is 5.00. The van der Waals surface area contributed by atoms with Crippen molar-refractivity contribution in [2.75, 3.05) is 7.11 Å². The van der Waals surface area contributed by atoms with Crippen molar-refractivity contribution in [3.05, 3.63) is 77.4 Å². The highest BCUT2D eigenvalue weighted by Gasteiger charge is 2.30. The van der Waals surface area contributed by atoms with E-state index in [2.05, 4.69) is 15.4 Å². The van der Waals surface area contributed by atoms with E-state index in [4.69, 9.17) is 17.0 Å². The third-order valence-electron chi connectivity index (χ3n) is 4.94. The maximum Gasteiger partial charge on any atom is 0.276 e. The van der Waals surface area contributed by atoms with E-state index in [0.717, 1.165) is 34.0 Å². The van der Waals surface area contributed by atoms with Gasteiger partial charge in [-0.2, -0.15) is 5.10 Å². The monoisotopic (exact) mass is 465 g/mol. The highest BCUT2D eigenvalue weighted by atomic mass is 32.2. The van der Waals surface area contributed by atoms with Crippen LogP contribution in [-0.2, 0) is 23.6 Å². The summed E-state index contributed by atoms with van der Waals surface area (Å²) in [6, 6.07) is 11.7. The second-order valence-corrected chi connectivity index (χ2v) is 8.49. The standard InChI is InChI=1S/C23H23N5O2S2/c1-3-27-13-17(12-25-27)14-28-22(29)19(26-23(28)31)11-16-7-8-20(30-2)18(10-16)15-32-21-6-4-5-9-24-21/h4-13H,3,14-15H2,1-2H3,(H,26,31)/b19-11+. The smallest absolute Gasteiger partial charge is 0.276 e. The van der Waals surface area contributed by atoms with Gasteiger partial charge in [-0.25, -0.2) is 4.98 Å². The van der Waals surface area contributed by atoms with Crippen LogP contribution in [0, 0.1) is 0 Å². The zero-order chi connectivity index (χ0) is 22.5. The summed E-state index contributed by atoms with van der Waals surface area (Å²) >= 11 is 7.03. The first kappa shape index (κ1) is 22.0. The number of carbonyl (C=O) groups is 1. The number of aryl methyl sites for hydroxylation is 1. The Balaban J connectivity index is 1.51. The normalized spacial score (nSPS) is 14.8. The number of thiocarbonyl (C=S) groups is 1. The summed E-state index contributed by atoms with van der Waals surface area (Å²) in [5.41, 5.74) is 3.30. The van der Waals surface area contributed by atoms with Gasteiger partial charge in [0, 0.05) is 35.8 Å². The van der Waals surface area contributed by atoms with Crippen LogP contribution in [0.25, 0.3) is 6.08 Å². The van der Waals surface area contributed by atoms with E-state index in [1.807, 2.05) is 60.3 Å². The fourth-order valence-electron chi connectivity index (χ4n) is 3.31. The lowest BCUT2D eigenvalue weighted by Crippen LogP contribution is -2.29. The minimum absolute atomic E-state index is 0.153. The van der Waals surface area contributed by atoms with Gasteiger partial charge in [-0.15, -0.1) is 11.8 Å². The molecule has 0 bridgehead atoms. The minimum Gasteiger partial charge on any atom is -0.496 e. The second kappa shape index (κ2) is 9.97. The molecule has 1 N–H and O–H groups in total. The topological polar surface area (TPSA) is 72.3 Å². The second-order valence-electron chi connectivity index (χ2n) is 7.11. The van der Waals surface area contributed by atoms with Crippen LogP contribution in [0.15, 0.2) is 65.7 Å². The van der Waals surface area contributed by atoms with Crippen LogP contribution in [-0.4, -0.2) is 37.8 Å². The lowest BCUT2D eigenvalue weighted by atomic mass is 10.1. The highest BCUT2D eigenvalue weighted by molar-refractivity contribution is 7.98. The number of benzene rings is 1. The summed E-state index contributed by atoms with van der Waals surface area (Å²) in [5, 5.41) is 8.64. The lowest BCUT2D eigenvalue weighted by molar-refractivity contribution is -0.122. The Morgan fingerprint density at radius 3 is 2.88 bits per heavy atom. The van der Waals surface area contributed by atoms with Gasteiger partial charge in [0.15, 0.2) is 5.11 Å². The number of thioether (sulfide) groups is 1. The van der Waals surface area contributed by atoms with E-state index < -0.39 is 0 Å². The molecule has 0 unspecified atom stereocenters. The summed E-state index contributed by atoms with van der Waals surface area (Å²) in [5.74, 6) is 1.34. The molecule has 3 heterocycles. The molecule has 1 aliphatic rings. The molecule has 1 aliphatic heterocycles. The predicted molar refractivity (Wildman–Crippen MR) is 129 cm³/mol. The molecule has 1 saturated heterocycles. The zero-order valence-corrected chi connectivity index (χ0v) is 19.4. The molecular weight excluding hydrogens is 442 g/mol. The number of rotatable bonds is 8. The molecule has 1 fully saturated rings. The molecule has 7 nitrogen and oxygen atoms in total. The molecule has 1 amide bonds. The van der Waals surface area contributed by atoms with E-state index in [0.29, 0.717) is 23.1 Å². The van der Waals surface area contributed by atoms with Crippen molar-refractivity contribution >= 4 is 41.1 Å². The van der Waals surface area contributed by atoms with Gasteiger partial charge in [0.2, 0.25) is 0 Å². The predicted octanol–water partition coefficient (Wildman–Crippen LogP) is 3.86. The lowest BCUT2D eigenvalue weighted by Gasteiger charge is -2.12. The molecule has 0 atom stereocenters. The fraction of sp³-hybridized carbons (Fsp3) is 0.217. The zero-order valence-electron chi connectivity index (χ0n) is 17.8. The molecule has 0 aliphatic carbocycles. The molecule has 4 rings (SSSR count). The average molecular weight is 466 g/mol. The maximum absolute atomic E-state index is 13.0. The SMILES string of the molecule is CCn1cc(CN2C(=O)/C(=C\c3ccc(OC)c(CSc4ccccn4)c3)NC2=S)cn1. The molecule has 2 aromatic heterocycles. The van der Waals surface area contributed by atoms with Crippen molar-refractivity contribution < 1.29 is 9.53 Å². The van der Waals surface area contributed by atoms with E-state index in [1.54, 1.807) is 36.2 Å². The molecule has 164 valence electrons. The summed E-state index contributed by atoms with van der Waals surface area (Å²) in [4.78, 5) is 18.9. The molecule has 9 heteroatoms. The number of carbonyl (C=O) groups excluding carboxylic acids is 1. The van der Waals surface area contributed by atoms with Gasteiger partial charge in [0.1, 0.15) is 11.4 Å². The molecular formula is C23H23N5O2S2. The molecule has 0 radical (unpaired) electrons. The molecule has 0 spiro atoms. The number of methoxy groups -OCH3 is 1. The Bertz CT molecular complexity index is 1160. The number of hydrogen-bond acceptors (Lipinski definition) is 6. The first-order valence-corrected chi connectivity index (χ1v) is 11.5. The number of pyridine rings is 1. The highest BCUT2D eigenvalue weighted by Crippen LogP contribution is 2.29. The van der Waals surface area contributed by atoms with Crippen molar-refractivity contribution in [1.82, 2.24) is 25.0 Å². The Hall–Kier alpha value is -3.17. The van der Waals surface area contributed by atoms with Gasteiger partial charge < -0.3 is 10.1 Å². The van der Waals surface area contributed by atoms with E-state index in [9.17, 15) is 4.79 Å². The Labute approximate surface area is 196 Å². The van der Waals surface area contributed by atoms with E-state index in [-0.39, 0.29) is 5.91 Å². The van der Waals surface area contributed by atoms with Gasteiger partial charge in [0.05, 0.1) is 24.9 Å². The van der Waals surface area contributed by atoms with Crippen molar-refractivity contribution in [1.29, 1.82) is 0 Å². The summed E-state index contributed by atoms with van der Waals surface area (Å²) < 4.78 is 7.34. The molecule has 3 aromatic rings. The Morgan fingerprint density at radius 1 is 1.28 bits per heavy atom. The summed E-state index contributed by atoms with van der Waals surface area (Å²) in [6.45, 7) is 3.18. The van der Waals surface area contributed by atoms with Crippen LogP contribution in [0.3, 0.4) is 0 Å². The van der Waals surface area contributed by atoms with Gasteiger partial charge in [-0.1, -0.05) is 12.1 Å². The first-order chi connectivity index (χ1) is 15.6.